The Bertz CT molecular complexity index is 607. The molecule has 1 N–H and O–H groups in total. The second-order valence-electron chi connectivity index (χ2n) is 4.99. The maximum atomic E-state index is 8.95. The molecular weight excluding hydrogens is 556 g/mol. The summed E-state index contributed by atoms with van der Waals surface area (Å²) in [4.78, 5) is 0. The van der Waals surface area contributed by atoms with Gasteiger partial charge in [-0.2, -0.15) is 6.61 Å². The zero-order valence-corrected chi connectivity index (χ0v) is 21.8. The Kier molecular flexibility index (Phi) is 38.8. The third-order valence-corrected chi connectivity index (χ3v) is 2.87. The standard InChI is InChI=1S/C9H10O2.C9H10.C3H5O.2C2H6.2CH4.W/c1-11-9(10)7-8-5-3-2-4-6-8;1-2-6-9-7-4-3-5-8-9;1-3-2-4-3;2*1-2;;;/h2-7,10H,1H3;2-8H,1H3;2-3H,1H3;2*1-2H3;2*1H4;/q;;-1;;;;;/b9-7+;;;;;;;. The van der Waals surface area contributed by atoms with Crippen molar-refractivity contribution in [3.63, 3.8) is 0 Å². The molecule has 2 aromatic carbocycles. The van der Waals surface area contributed by atoms with Gasteiger partial charge >= 0.3 is 0 Å². The number of hydrogen-bond acceptors (Lipinski definition) is 3. The third-order valence-electron chi connectivity index (χ3n) is 2.87. The van der Waals surface area contributed by atoms with Gasteiger partial charge in [0.2, 0.25) is 0 Å². The van der Waals surface area contributed by atoms with E-state index in [4.69, 9.17) is 5.11 Å². The summed E-state index contributed by atoms with van der Waals surface area (Å²) in [6, 6.07) is 19.7. The predicted octanol–water partition coefficient (Wildman–Crippen LogP) is 8.80. The number of rotatable bonds is 3. The largest absolute Gasteiger partial charge is 0.570 e. The van der Waals surface area contributed by atoms with Crippen LogP contribution in [-0.2, 0) is 30.5 Å². The van der Waals surface area contributed by atoms with Gasteiger partial charge < -0.3 is 14.6 Å². The van der Waals surface area contributed by atoms with E-state index in [1.165, 1.54) is 12.7 Å². The zero-order valence-electron chi connectivity index (χ0n) is 18.8. The molecule has 0 spiro atoms. The van der Waals surface area contributed by atoms with Gasteiger partial charge in [-0.15, -0.1) is 0 Å². The van der Waals surface area contributed by atoms with E-state index in [9.17, 15) is 0 Å². The molecule has 0 aromatic heterocycles. The Hall–Kier alpha value is -1.83. The zero-order chi connectivity index (χ0) is 21.6. The van der Waals surface area contributed by atoms with Gasteiger partial charge in [-0.1, -0.05) is 128 Å². The number of aliphatic hydroxyl groups excluding tert-OH is 1. The topological polar surface area (TPSA) is 42.0 Å². The average molecular weight is 601 g/mol. The van der Waals surface area contributed by atoms with E-state index in [1.807, 2.05) is 96.1 Å². The Morgan fingerprint density at radius 2 is 1.26 bits per heavy atom. The van der Waals surface area contributed by atoms with E-state index >= 15 is 0 Å². The maximum absolute atomic E-state index is 8.95. The summed E-state index contributed by atoms with van der Waals surface area (Å²) in [6.45, 7) is 13.8. The van der Waals surface area contributed by atoms with Crippen LogP contribution in [0.5, 0.6) is 0 Å². The van der Waals surface area contributed by atoms with Crippen molar-refractivity contribution in [2.24, 2.45) is 0 Å². The predicted molar refractivity (Wildman–Crippen MR) is 136 cm³/mol. The van der Waals surface area contributed by atoms with Crippen LogP contribution in [0.25, 0.3) is 12.2 Å². The summed E-state index contributed by atoms with van der Waals surface area (Å²) in [5, 5.41) is 8.95. The molecule has 1 aliphatic heterocycles. The van der Waals surface area contributed by atoms with Crippen molar-refractivity contribution in [3.8, 4) is 0 Å². The minimum Gasteiger partial charge on any atom is -0.570 e. The number of benzene rings is 2. The summed E-state index contributed by atoms with van der Waals surface area (Å²) in [7, 11) is 1.43. The van der Waals surface area contributed by atoms with Crippen LogP contribution in [-0.4, -0.2) is 18.3 Å². The van der Waals surface area contributed by atoms with Crippen LogP contribution < -0.4 is 0 Å². The van der Waals surface area contributed by atoms with Crippen LogP contribution in [0.3, 0.4) is 0 Å². The van der Waals surface area contributed by atoms with Crippen molar-refractivity contribution in [2.45, 2.75) is 62.5 Å². The third kappa shape index (κ3) is 28.2. The second kappa shape index (κ2) is 30.4. The Balaban J connectivity index is -0.000000102. The Morgan fingerprint density at radius 3 is 1.55 bits per heavy atom. The number of epoxide rings is 1. The second-order valence-corrected chi connectivity index (χ2v) is 4.99. The normalized spacial score (nSPS) is 12.5. The monoisotopic (exact) mass is 601 g/mol. The summed E-state index contributed by atoms with van der Waals surface area (Å²) in [5.41, 5.74) is 2.19. The van der Waals surface area contributed by atoms with Gasteiger partial charge in [0.25, 0.3) is 5.95 Å². The van der Waals surface area contributed by atoms with Gasteiger partial charge in [0.05, 0.1) is 7.11 Å². The van der Waals surface area contributed by atoms with Crippen molar-refractivity contribution in [1.82, 2.24) is 0 Å². The number of ether oxygens (including phenoxy) is 2. The summed E-state index contributed by atoms with van der Waals surface area (Å²) >= 11 is 0. The summed E-state index contributed by atoms with van der Waals surface area (Å²) < 4.78 is 9.15. The molecule has 1 heterocycles. The van der Waals surface area contributed by atoms with Gasteiger partial charge in [-0.05, 0) is 18.1 Å². The van der Waals surface area contributed by atoms with Crippen LogP contribution in [0.15, 0.2) is 72.7 Å². The molecular formula is C27H45O3W-. The molecule has 1 fully saturated rings. The molecule has 2 aromatic rings. The van der Waals surface area contributed by atoms with Crippen molar-refractivity contribution >= 4 is 12.2 Å². The average Bonchev–Trinajstić information content (AvgIpc) is 3.56. The molecule has 4 heteroatoms. The van der Waals surface area contributed by atoms with Crippen LogP contribution in [0.4, 0.5) is 0 Å². The van der Waals surface area contributed by atoms with E-state index in [0.717, 1.165) is 5.56 Å². The van der Waals surface area contributed by atoms with E-state index in [-0.39, 0.29) is 41.9 Å². The van der Waals surface area contributed by atoms with Gasteiger partial charge in [0.15, 0.2) is 0 Å². The van der Waals surface area contributed by atoms with Crippen molar-refractivity contribution in [2.75, 3.05) is 7.11 Å². The minimum atomic E-state index is -0.0730. The molecule has 0 bridgehead atoms. The summed E-state index contributed by atoms with van der Waals surface area (Å²) in [6.07, 6.45) is 6.13. The molecule has 1 aliphatic rings. The maximum Gasteiger partial charge on any atom is 0.276 e. The molecule has 31 heavy (non-hydrogen) atoms. The number of methoxy groups -OCH3 is 1. The van der Waals surface area contributed by atoms with Gasteiger partial charge in [0, 0.05) is 27.1 Å². The van der Waals surface area contributed by atoms with Crippen molar-refractivity contribution < 1.29 is 35.6 Å². The van der Waals surface area contributed by atoms with Crippen LogP contribution >= 0.6 is 0 Å². The number of allylic oxidation sites excluding steroid dienone is 1. The molecule has 0 radical (unpaired) electrons. The smallest absolute Gasteiger partial charge is 0.276 e. The molecule has 1 unspecified atom stereocenters. The molecule has 178 valence electrons. The van der Waals surface area contributed by atoms with E-state index in [0.29, 0.717) is 6.10 Å². The molecule has 3 nitrogen and oxygen atoms in total. The van der Waals surface area contributed by atoms with E-state index < -0.39 is 0 Å². The molecule has 0 saturated carbocycles. The van der Waals surface area contributed by atoms with E-state index in [2.05, 4.69) is 27.7 Å². The van der Waals surface area contributed by atoms with Crippen LogP contribution in [0, 0.1) is 6.61 Å². The number of aliphatic hydroxyl groups is 1. The van der Waals surface area contributed by atoms with Gasteiger partial charge in [-0.25, -0.2) is 0 Å². The van der Waals surface area contributed by atoms with Crippen LogP contribution in [0.2, 0.25) is 0 Å². The molecule has 1 saturated heterocycles. The number of hydrogen-bond donors (Lipinski definition) is 1. The molecule has 3 rings (SSSR count). The Morgan fingerprint density at radius 1 is 0.903 bits per heavy atom. The van der Waals surface area contributed by atoms with Gasteiger partial charge in [0.1, 0.15) is 0 Å². The minimum absolute atomic E-state index is 0. The summed E-state index contributed by atoms with van der Waals surface area (Å²) in [5.74, 6) is -0.0730. The molecule has 1 atom stereocenters. The van der Waals surface area contributed by atoms with Crippen molar-refractivity contribution in [3.05, 3.63) is 90.4 Å². The van der Waals surface area contributed by atoms with Gasteiger partial charge in [-0.3, -0.25) is 0 Å². The first-order valence-corrected chi connectivity index (χ1v) is 9.82. The Labute approximate surface area is 207 Å². The van der Waals surface area contributed by atoms with Crippen LogP contribution in [0.1, 0.15) is 67.5 Å². The molecule has 0 amide bonds. The first kappa shape index (κ1) is 39.6. The fourth-order valence-corrected chi connectivity index (χ4v) is 1.59. The fourth-order valence-electron chi connectivity index (χ4n) is 1.59. The first-order valence-electron chi connectivity index (χ1n) is 9.82. The SMILES string of the molecule is C.C.CC.CC.CC1[CH-]O1.CC=Cc1ccccc1.CO/C(O)=C/c1ccccc1.[W]. The quantitative estimate of drug-likeness (QED) is 0.217. The first-order chi connectivity index (χ1) is 13.7. The fraction of sp³-hybridized carbons (Fsp3) is 0.370. The van der Waals surface area contributed by atoms with E-state index in [1.54, 1.807) is 12.7 Å². The van der Waals surface area contributed by atoms with Crippen molar-refractivity contribution in [1.29, 1.82) is 0 Å². The molecule has 0 aliphatic carbocycles.